The van der Waals surface area contributed by atoms with E-state index < -0.39 is 9.84 Å². The molecule has 0 aliphatic heterocycles. The Balaban J connectivity index is 1.29. The lowest BCUT2D eigenvalue weighted by Gasteiger charge is -2.01. The van der Waals surface area contributed by atoms with Crippen LogP contribution < -0.4 is 5.32 Å². The molecule has 0 unspecified atom stereocenters. The molecular formula is C22H17FN4O3S3. The number of aryl methyl sites for hydroxylation is 1. The van der Waals surface area contributed by atoms with Gasteiger partial charge in [0, 0.05) is 35.5 Å². The molecule has 33 heavy (non-hydrogen) atoms. The Morgan fingerprint density at radius 2 is 2.00 bits per heavy atom. The second kappa shape index (κ2) is 8.32. The van der Waals surface area contributed by atoms with Gasteiger partial charge in [-0.15, -0.1) is 11.3 Å². The van der Waals surface area contributed by atoms with Crippen LogP contribution in [0.1, 0.15) is 12.1 Å². The zero-order chi connectivity index (χ0) is 23.2. The van der Waals surface area contributed by atoms with Crippen molar-refractivity contribution in [3.05, 3.63) is 65.6 Å². The molecule has 0 radical (unpaired) electrons. The molecule has 7 nitrogen and oxygen atoms in total. The molecule has 168 valence electrons. The zero-order valence-electron chi connectivity index (χ0n) is 17.3. The number of anilines is 1. The molecule has 0 aliphatic rings. The first-order valence-corrected chi connectivity index (χ1v) is 13.5. The summed E-state index contributed by atoms with van der Waals surface area (Å²) in [6.07, 6.45) is 3.63. The third kappa shape index (κ3) is 4.39. The molecule has 0 bridgehead atoms. The Morgan fingerprint density at radius 1 is 1.18 bits per heavy atom. The lowest BCUT2D eigenvalue weighted by molar-refractivity contribution is -0.116. The van der Waals surface area contributed by atoms with E-state index in [9.17, 15) is 17.6 Å². The van der Waals surface area contributed by atoms with Crippen LogP contribution >= 0.6 is 22.7 Å². The average Bonchev–Trinajstić information content (AvgIpc) is 3.45. The van der Waals surface area contributed by atoms with Gasteiger partial charge in [-0.1, -0.05) is 23.5 Å². The molecule has 0 spiro atoms. The van der Waals surface area contributed by atoms with E-state index >= 15 is 0 Å². The Hall–Kier alpha value is -3.15. The van der Waals surface area contributed by atoms with Gasteiger partial charge < -0.3 is 5.32 Å². The van der Waals surface area contributed by atoms with Gasteiger partial charge in [0.2, 0.25) is 5.91 Å². The molecule has 3 heterocycles. The molecule has 0 saturated heterocycles. The summed E-state index contributed by atoms with van der Waals surface area (Å²) in [5.74, 6) is -0.533. The quantitative estimate of drug-likeness (QED) is 0.362. The monoisotopic (exact) mass is 500 g/mol. The number of rotatable bonds is 6. The molecule has 5 rings (SSSR count). The van der Waals surface area contributed by atoms with Crippen molar-refractivity contribution in [2.24, 2.45) is 0 Å². The van der Waals surface area contributed by atoms with Gasteiger partial charge >= 0.3 is 0 Å². The van der Waals surface area contributed by atoms with Crippen molar-refractivity contribution >= 4 is 58.7 Å². The summed E-state index contributed by atoms with van der Waals surface area (Å²) in [7, 11) is -3.31. The molecule has 2 aromatic carbocycles. The minimum Gasteiger partial charge on any atom is -0.302 e. The van der Waals surface area contributed by atoms with Crippen molar-refractivity contribution in [1.82, 2.24) is 14.4 Å². The lowest BCUT2D eigenvalue weighted by atomic mass is 10.1. The van der Waals surface area contributed by atoms with Gasteiger partial charge in [0.1, 0.15) is 5.82 Å². The Kier molecular flexibility index (Phi) is 5.47. The third-order valence-electron chi connectivity index (χ3n) is 5.08. The van der Waals surface area contributed by atoms with E-state index in [0.717, 1.165) is 16.9 Å². The van der Waals surface area contributed by atoms with Crippen molar-refractivity contribution in [3.8, 4) is 11.3 Å². The highest BCUT2D eigenvalue weighted by Gasteiger charge is 2.15. The topological polar surface area (TPSA) is 93.4 Å². The highest BCUT2D eigenvalue weighted by atomic mass is 32.2. The van der Waals surface area contributed by atoms with Crippen LogP contribution in [-0.4, -0.2) is 34.9 Å². The molecular weight excluding hydrogens is 483 g/mol. The van der Waals surface area contributed by atoms with Crippen molar-refractivity contribution in [2.75, 3.05) is 11.6 Å². The van der Waals surface area contributed by atoms with Gasteiger partial charge in [-0.25, -0.2) is 22.8 Å². The van der Waals surface area contributed by atoms with Crippen LogP contribution in [0.2, 0.25) is 0 Å². The number of benzene rings is 2. The normalized spacial score (nSPS) is 11.9. The van der Waals surface area contributed by atoms with Crippen LogP contribution in [0.5, 0.6) is 0 Å². The van der Waals surface area contributed by atoms with E-state index in [-0.39, 0.29) is 23.0 Å². The van der Waals surface area contributed by atoms with E-state index in [0.29, 0.717) is 33.0 Å². The number of carbonyl (C=O) groups excluding carboxylic acids is 1. The summed E-state index contributed by atoms with van der Waals surface area (Å²) >= 11 is 2.66. The number of carbonyl (C=O) groups is 1. The van der Waals surface area contributed by atoms with E-state index in [4.69, 9.17) is 0 Å². The van der Waals surface area contributed by atoms with Crippen molar-refractivity contribution < 1.29 is 17.6 Å². The standard InChI is InChI=1S/C22H17FN4O3S3/c1-33(29,30)14-7-8-17-19(10-14)32-21(24-17)26-20(28)9-6-13-12-31-22-25-18(11-27(13)22)15-4-2-3-5-16(15)23/h2-5,7-8,10-12H,6,9H2,1H3,(H,24,26,28). The first kappa shape index (κ1) is 21.7. The van der Waals surface area contributed by atoms with Crippen LogP contribution in [-0.2, 0) is 21.1 Å². The minimum atomic E-state index is -3.31. The van der Waals surface area contributed by atoms with E-state index in [2.05, 4.69) is 15.3 Å². The van der Waals surface area contributed by atoms with Crippen molar-refractivity contribution in [2.45, 2.75) is 17.7 Å². The fourth-order valence-corrected chi connectivity index (χ4v) is 5.97. The molecule has 1 amide bonds. The number of hydrogen-bond donors (Lipinski definition) is 1. The molecule has 1 N–H and O–H groups in total. The van der Waals surface area contributed by atoms with Crippen LogP contribution in [0.25, 0.3) is 26.4 Å². The van der Waals surface area contributed by atoms with Crippen LogP contribution in [0, 0.1) is 5.82 Å². The number of nitrogens with zero attached hydrogens (tertiary/aromatic N) is 3. The summed E-state index contributed by atoms with van der Waals surface area (Å²) in [6.45, 7) is 0. The fraction of sp³-hybridized carbons (Fsp3) is 0.136. The van der Waals surface area contributed by atoms with Gasteiger partial charge in [-0.05, 0) is 36.8 Å². The fourth-order valence-electron chi connectivity index (χ4n) is 3.42. The summed E-state index contributed by atoms with van der Waals surface area (Å²) in [5, 5.41) is 5.14. The molecule has 0 saturated carbocycles. The molecule has 0 atom stereocenters. The molecule has 0 fully saturated rings. The summed E-state index contributed by atoms with van der Waals surface area (Å²) < 4.78 is 40.1. The van der Waals surface area contributed by atoms with Crippen LogP contribution in [0.15, 0.2) is 58.9 Å². The van der Waals surface area contributed by atoms with Gasteiger partial charge in [0.05, 0.1) is 20.8 Å². The predicted octanol–water partition coefficient (Wildman–Crippen LogP) is 4.79. The first-order valence-electron chi connectivity index (χ1n) is 9.89. The molecule has 3 aromatic heterocycles. The van der Waals surface area contributed by atoms with Gasteiger partial charge in [-0.2, -0.15) is 0 Å². The number of hydrogen-bond acceptors (Lipinski definition) is 7. The number of nitrogens with one attached hydrogen (secondary N) is 1. The number of amides is 1. The second-order valence-corrected chi connectivity index (χ2v) is 11.3. The maximum atomic E-state index is 14.1. The Labute approximate surface area is 196 Å². The van der Waals surface area contributed by atoms with Crippen LogP contribution in [0.3, 0.4) is 0 Å². The average molecular weight is 501 g/mol. The minimum absolute atomic E-state index is 0.203. The SMILES string of the molecule is CS(=O)(=O)c1ccc2nc(NC(=O)CCc3csc4nc(-c5ccccc5F)cn34)sc2c1. The first-order chi connectivity index (χ1) is 15.8. The Bertz CT molecular complexity index is 1620. The number of aromatic nitrogens is 3. The summed E-state index contributed by atoms with van der Waals surface area (Å²) in [5.41, 5.74) is 2.52. The number of imidazole rings is 1. The molecule has 11 heteroatoms. The number of fused-ring (bicyclic) bond motifs is 2. The summed E-state index contributed by atoms with van der Waals surface area (Å²) in [4.78, 5) is 22.3. The predicted molar refractivity (Wildman–Crippen MR) is 128 cm³/mol. The zero-order valence-corrected chi connectivity index (χ0v) is 19.7. The Morgan fingerprint density at radius 3 is 2.79 bits per heavy atom. The highest BCUT2D eigenvalue weighted by Crippen LogP contribution is 2.29. The van der Waals surface area contributed by atoms with Gasteiger partial charge in [-0.3, -0.25) is 9.20 Å². The summed E-state index contributed by atoms with van der Waals surface area (Å²) in [6, 6.07) is 11.2. The smallest absolute Gasteiger partial charge is 0.226 e. The van der Waals surface area contributed by atoms with Crippen LogP contribution in [0.4, 0.5) is 9.52 Å². The van der Waals surface area contributed by atoms with E-state index in [1.807, 2.05) is 9.78 Å². The molecule has 5 aromatic rings. The number of halogens is 1. The van der Waals surface area contributed by atoms with Crippen molar-refractivity contribution in [3.63, 3.8) is 0 Å². The van der Waals surface area contributed by atoms with E-state index in [1.165, 1.54) is 34.8 Å². The van der Waals surface area contributed by atoms with Gasteiger partial charge in [0.15, 0.2) is 19.9 Å². The largest absolute Gasteiger partial charge is 0.302 e. The highest BCUT2D eigenvalue weighted by molar-refractivity contribution is 7.90. The van der Waals surface area contributed by atoms with Gasteiger partial charge in [0.25, 0.3) is 0 Å². The van der Waals surface area contributed by atoms with Crippen molar-refractivity contribution in [1.29, 1.82) is 0 Å². The maximum Gasteiger partial charge on any atom is 0.226 e. The maximum absolute atomic E-state index is 14.1. The second-order valence-electron chi connectivity index (χ2n) is 7.45. The number of thiazole rings is 2. The number of sulfone groups is 1. The third-order valence-corrected chi connectivity index (χ3v) is 8.01. The molecule has 0 aliphatic carbocycles. The lowest BCUT2D eigenvalue weighted by Crippen LogP contribution is -2.12. The van der Waals surface area contributed by atoms with E-state index in [1.54, 1.807) is 36.5 Å².